The lowest BCUT2D eigenvalue weighted by Gasteiger charge is -2.08. The molecule has 160 valence electrons. The number of guanidine groups is 1. The first-order valence-corrected chi connectivity index (χ1v) is 8.54. The van der Waals surface area contributed by atoms with Crippen molar-refractivity contribution in [3.8, 4) is 34.5 Å². The average molecular weight is 418 g/mol. The van der Waals surface area contributed by atoms with Crippen LogP contribution in [0.2, 0.25) is 0 Å². The second-order valence-electron chi connectivity index (χ2n) is 5.69. The molecule has 0 aliphatic heterocycles. The first-order valence-electron chi connectivity index (χ1n) is 8.54. The van der Waals surface area contributed by atoms with E-state index in [0.29, 0.717) is 11.1 Å². The fraction of sp³-hybridized carbons (Fsp3) is 0.211. The molecule has 11 nitrogen and oxygen atoms in total. The second-order valence-corrected chi connectivity index (χ2v) is 5.69. The molecule has 0 aliphatic rings. The van der Waals surface area contributed by atoms with Gasteiger partial charge in [-0.2, -0.15) is 5.10 Å². The summed E-state index contributed by atoms with van der Waals surface area (Å²) in [6.07, 6.45) is 2.98. The number of methoxy groups -OCH3 is 4. The number of hydrazine groups is 1. The standard InChI is InChI=1S/C19H23N5O6/c1-27-13-5-11(6-14(28-2)17(13)25)9-21-23-19(20)24-22-10-12-7-15(29-3)18(26)16(8-12)30-4/h5-10,25-26H,1-4H3,(H3,20,23,24)/p+1/b21-9+,22-10+. The third-order valence-corrected chi connectivity index (χ3v) is 3.82. The number of benzene rings is 2. The molecule has 2 aromatic carbocycles. The van der Waals surface area contributed by atoms with E-state index >= 15 is 0 Å². The lowest BCUT2D eigenvalue weighted by molar-refractivity contribution is -0.500. The first kappa shape index (κ1) is 22.1. The third-order valence-electron chi connectivity index (χ3n) is 3.82. The maximum absolute atomic E-state index is 9.91. The van der Waals surface area contributed by atoms with Crippen LogP contribution in [0.25, 0.3) is 0 Å². The van der Waals surface area contributed by atoms with Crippen LogP contribution in [0.5, 0.6) is 34.5 Å². The monoisotopic (exact) mass is 418 g/mol. The first-order chi connectivity index (χ1) is 14.4. The van der Waals surface area contributed by atoms with E-state index in [1.54, 1.807) is 30.5 Å². The Hall–Kier alpha value is -4.15. The fourth-order valence-corrected chi connectivity index (χ4v) is 2.36. The van der Waals surface area contributed by atoms with Crippen LogP contribution >= 0.6 is 0 Å². The Labute approximate surface area is 173 Å². The maximum atomic E-state index is 9.91. The van der Waals surface area contributed by atoms with Crippen LogP contribution in [0.3, 0.4) is 0 Å². The van der Waals surface area contributed by atoms with Gasteiger partial charge in [0.05, 0.1) is 34.7 Å². The minimum absolute atomic E-state index is 0.0158. The molecule has 0 saturated heterocycles. The van der Waals surface area contributed by atoms with Gasteiger partial charge in [-0.3, -0.25) is 0 Å². The van der Waals surface area contributed by atoms with Crippen molar-refractivity contribution < 1.29 is 34.3 Å². The Morgan fingerprint density at radius 1 is 0.867 bits per heavy atom. The molecule has 0 fully saturated rings. The topological polar surface area (TPSA) is 154 Å². The molecular weight excluding hydrogens is 394 g/mol. The number of phenols is 2. The molecule has 11 heteroatoms. The molecule has 2 rings (SSSR count). The number of hydrazone groups is 1. The van der Waals surface area contributed by atoms with E-state index in [1.165, 1.54) is 34.7 Å². The Kier molecular flexibility index (Phi) is 7.68. The van der Waals surface area contributed by atoms with Crippen molar-refractivity contribution in [3.63, 3.8) is 0 Å². The third kappa shape index (κ3) is 5.44. The summed E-state index contributed by atoms with van der Waals surface area (Å²) < 4.78 is 20.3. The molecule has 0 unspecified atom stereocenters. The number of phenolic OH excluding ortho intramolecular Hbond substituents is 2. The number of hydrogen-bond donors (Lipinski definition) is 5. The van der Waals surface area contributed by atoms with Crippen LogP contribution in [0.4, 0.5) is 0 Å². The summed E-state index contributed by atoms with van der Waals surface area (Å²) in [5.41, 5.74) is 9.61. The quantitative estimate of drug-likeness (QED) is 0.218. The molecule has 0 radical (unpaired) electrons. The van der Waals surface area contributed by atoms with Gasteiger partial charge in [0.25, 0.3) is 5.96 Å². The summed E-state index contributed by atoms with van der Waals surface area (Å²) in [5, 5.41) is 30.2. The van der Waals surface area contributed by atoms with E-state index in [0.717, 1.165) is 0 Å². The largest absolute Gasteiger partial charge is 0.502 e. The molecule has 30 heavy (non-hydrogen) atoms. The zero-order chi connectivity index (χ0) is 22.1. The van der Waals surface area contributed by atoms with Crippen LogP contribution < -0.4 is 35.2 Å². The minimum Gasteiger partial charge on any atom is -0.502 e. The highest BCUT2D eigenvalue weighted by atomic mass is 16.5. The Balaban J connectivity index is 2.08. The predicted molar refractivity (Wildman–Crippen MR) is 111 cm³/mol. The van der Waals surface area contributed by atoms with Crippen LogP contribution in [0, 0.1) is 0 Å². The SMILES string of the molecule is COc1cc(/C=N/N=C(\N)N/[NH+]=C/c2cc(OC)c(O)c(OC)c2)cc(OC)c1O. The van der Waals surface area contributed by atoms with Crippen LogP contribution in [0.15, 0.2) is 34.5 Å². The molecule has 0 atom stereocenters. The zero-order valence-electron chi connectivity index (χ0n) is 17.0. The summed E-state index contributed by atoms with van der Waals surface area (Å²) in [6, 6.07) is 6.34. The number of nitrogens with two attached hydrogens (primary N) is 1. The number of hydrogen-bond acceptors (Lipinski definition) is 8. The average Bonchev–Trinajstić information content (AvgIpc) is 2.75. The molecule has 2 aromatic rings. The molecular formula is C19H24N5O6+. The minimum atomic E-state index is -0.107. The van der Waals surface area contributed by atoms with Gasteiger partial charge in [-0.05, 0) is 24.3 Å². The van der Waals surface area contributed by atoms with Crippen molar-refractivity contribution in [1.82, 2.24) is 5.43 Å². The molecule has 0 saturated carbocycles. The van der Waals surface area contributed by atoms with E-state index in [1.807, 2.05) is 0 Å². The van der Waals surface area contributed by atoms with Gasteiger partial charge >= 0.3 is 0 Å². The molecule has 0 amide bonds. The summed E-state index contributed by atoms with van der Waals surface area (Å²) in [4.78, 5) is 0. The van der Waals surface area contributed by atoms with Gasteiger partial charge in [0.1, 0.15) is 0 Å². The van der Waals surface area contributed by atoms with Gasteiger partial charge in [0.2, 0.25) is 11.5 Å². The highest BCUT2D eigenvalue weighted by Gasteiger charge is 2.12. The lowest BCUT2D eigenvalue weighted by Crippen LogP contribution is -2.82. The molecule has 6 N–H and O–H groups in total. The second kappa shape index (κ2) is 10.4. The van der Waals surface area contributed by atoms with Crippen LogP contribution in [-0.4, -0.2) is 57.0 Å². The molecule has 0 spiro atoms. The van der Waals surface area contributed by atoms with E-state index in [4.69, 9.17) is 24.7 Å². The zero-order valence-corrected chi connectivity index (χ0v) is 17.0. The highest BCUT2D eigenvalue weighted by Crippen LogP contribution is 2.37. The Morgan fingerprint density at radius 2 is 1.30 bits per heavy atom. The van der Waals surface area contributed by atoms with E-state index < -0.39 is 0 Å². The molecule has 0 aliphatic carbocycles. The number of ether oxygens (including phenoxy) is 4. The smallest absolute Gasteiger partial charge is 0.269 e. The van der Waals surface area contributed by atoms with Gasteiger partial charge < -0.3 is 34.9 Å². The maximum Gasteiger partial charge on any atom is 0.269 e. The lowest BCUT2D eigenvalue weighted by atomic mass is 10.2. The van der Waals surface area contributed by atoms with Crippen molar-refractivity contribution >= 4 is 18.4 Å². The normalized spacial score (nSPS) is 11.7. The van der Waals surface area contributed by atoms with Gasteiger partial charge in [-0.1, -0.05) is 0 Å². The summed E-state index contributed by atoms with van der Waals surface area (Å²) in [6.45, 7) is 0. The van der Waals surface area contributed by atoms with Gasteiger partial charge in [0, 0.05) is 11.1 Å². The number of aromatic hydroxyl groups is 2. The van der Waals surface area contributed by atoms with Gasteiger partial charge in [-0.25, -0.2) is 0 Å². The summed E-state index contributed by atoms with van der Waals surface area (Å²) in [5.74, 6) is 0.774. The van der Waals surface area contributed by atoms with E-state index in [9.17, 15) is 10.2 Å². The molecule has 0 bridgehead atoms. The highest BCUT2D eigenvalue weighted by molar-refractivity contribution is 5.84. The predicted octanol–water partition coefficient (Wildman–Crippen LogP) is -0.515. The number of rotatable bonds is 8. The van der Waals surface area contributed by atoms with E-state index in [2.05, 4.69) is 20.7 Å². The fourth-order valence-electron chi connectivity index (χ4n) is 2.36. The number of nitrogens with one attached hydrogen (secondary N) is 2. The number of nitrogens with zero attached hydrogens (tertiary/aromatic N) is 2. The molecule has 0 aromatic heterocycles. The van der Waals surface area contributed by atoms with Gasteiger partial charge in [0.15, 0.2) is 29.2 Å². The Morgan fingerprint density at radius 3 is 1.73 bits per heavy atom. The van der Waals surface area contributed by atoms with Crippen molar-refractivity contribution in [3.05, 3.63) is 35.4 Å². The van der Waals surface area contributed by atoms with Crippen molar-refractivity contribution in [2.45, 2.75) is 0 Å². The summed E-state index contributed by atoms with van der Waals surface area (Å²) in [7, 11) is 5.73. The summed E-state index contributed by atoms with van der Waals surface area (Å²) >= 11 is 0. The van der Waals surface area contributed by atoms with Gasteiger partial charge in [-0.15, -0.1) is 15.6 Å². The van der Waals surface area contributed by atoms with E-state index in [-0.39, 0.29) is 40.5 Å². The van der Waals surface area contributed by atoms with Crippen molar-refractivity contribution in [2.24, 2.45) is 15.9 Å². The van der Waals surface area contributed by atoms with Crippen LogP contribution in [0.1, 0.15) is 11.1 Å². The van der Waals surface area contributed by atoms with Crippen LogP contribution in [-0.2, 0) is 0 Å². The Bertz CT molecular complexity index is 924. The van der Waals surface area contributed by atoms with Crippen molar-refractivity contribution in [2.75, 3.05) is 28.4 Å². The molecule has 0 heterocycles. The van der Waals surface area contributed by atoms with Crippen molar-refractivity contribution in [1.29, 1.82) is 0 Å².